The minimum Gasteiger partial charge on any atom is -0.316 e. The van der Waals surface area contributed by atoms with Gasteiger partial charge in [-0.2, -0.15) is 0 Å². The predicted octanol–water partition coefficient (Wildman–Crippen LogP) is 1.80. The average Bonchev–Trinajstić information content (AvgIpc) is 2.17. The second-order valence-corrected chi connectivity index (χ2v) is 3.97. The van der Waals surface area contributed by atoms with Gasteiger partial charge in [-0.25, -0.2) is 0 Å². The molecule has 0 radical (unpaired) electrons. The van der Waals surface area contributed by atoms with Gasteiger partial charge in [-0.1, -0.05) is 26.7 Å². The molecule has 0 bridgehead atoms. The molecular weight excluding hydrogens is 148 g/mol. The van der Waals surface area contributed by atoms with Crippen LogP contribution >= 0.6 is 0 Å². The summed E-state index contributed by atoms with van der Waals surface area (Å²) in [5.41, 5.74) is 6.13. The molecule has 12 heavy (non-hydrogen) atoms. The van der Waals surface area contributed by atoms with Gasteiger partial charge in [-0.3, -0.25) is 4.90 Å². The second kappa shape index (κ2) is 4.83. The lowest BCUT2D eigenvalue weighted by Crippen LogP contribution is -2.48. The first-order valence-electron chi connectivity index (χ1n) is 5.25. The van der Waals surface area contributed by atoms with Crippen molar-refractivity contribution in [3.05, 3.63) is 0 Å². The highest BCUT2D eigenvalue weighted by Gasteiger charge is 2.20. The molecule has 1 heterocycles. The fraction of sp³-hybridized carbons (Fsp3) is 1.00. The van der Waals surface area contributed by atoms with Crippen LogP contribution in [0.25, 0.3) is 0 Å². The largest absolute Gasteiger partial charge is 0.316 e. The highest BCUT2D eigenvalue weighted by Crippen LogP contribution is 2.15. The molecule has 0 amide bonds. The molecule has 2 unspecified atom stereocenters. The fourth-order valence-electron chi connectivity index (χ4n) is 1.82. The summed E-state index contributed by atoms with van der Waals surface area (Å²) >= 11 is 0. The van der Waals surface area contributed by atoms with E-state index in [1.165, 1.54) is 38.8 Å². The minimum atomic E-state index is 0.301. The van der Waals surface area contributed by atoms with E-state index >= 15 is 0 Å². The maximum atomic E-state index is 6.13. The first kappa shape index (κ1) is 10.0. The summed E-state index contributed by atoms with van der Waals surface area (Å²) in [4.78, 5) is 2.44. The van der Waals surface area contributed by atoms with Crippen molar-refractivity contribution in [2.24, 2.45) is 11.7 Å². The van der Waals surface area contributed by atoms with E-state index in [4.69, 9.17) is 5.73 Å². The Kier molecular flexibility index (Phi) is 4.02. The number of rotatable bonds is 3. The number of piperidine rings is 1. The lowest BCUT2D eigenvalue weighted by molar-refractivity contribution is 0.124. The molecule has 0 saturated carbocycles. The van der Waals surface area contributed by atoms with Gasteiger partial charge in [0, 0.05) is 0 Å². The molecule has 72 valence electrons. The van der Waals surface area contributed by atoms with Crippen molar-refractivity contribution >= 4 is 0 Å². The van der Waals surface area contributed by atoms with Crippen LogP contribution < -0.4 is 5.73 Å². The Morgan fingerprint density at radius 1 is 1.25 bits per heavy atom. The molecule has 1 rings (SSSR count). The van der Waals surface area contributed by atoms with Gasteiger partial charge in [0.2, 0.25) is 0 Å². The van der Waals surface area contributed by atoms with E-state index in [1.54, 1.807) is 0 Å². The molecule has 1 saturated heterocycles. The zero-order chi connectivity index (χ0) is 8.97. The fourth-order valence-corrected chi connectivity index (χ4v) is 1.82. The van der Waals surface area contributed by atoms with Crippen LogP contribution in [-0.2, 0) is 0 Å². The zero-order valence-electron chi connectivity index (χ0n) is 8.42. The molecule has 2 atom stereocenters. The zero-order valence-corrected chi connectivity index (χ0v) is 8.42. The van der Waals surface area contributed by atoms with Crippen molar-refractivity contribution in [1.82, 2.24) is 4.90 Å². The van der Waals surface area contributed by atoms with Gasteiger partial charge in [-0.15, -0.1) is 0 Å². The lowest BCUT2D eigenvalue weighted by atomic mass is 10.0. The molecular formula is C10H22N2. The summed E-state index contributed by atoms with van der Waals surface area (Å²) in [5.74, 6) is 0.642. The van der Waals surface area contributed by atoms with Crippen molar-refractivity contribution in [2.75, 3.05) is 13.1 Å². The van der Waals surface area contributed by atoms with Gasteiger partial charge < -0.3 is 5.73 Å². The quantitative estimate of drug-likeness (QED) is 0.700. The highest BCUT2D eigenvalue weighted by atomic mass is 15.2. The monoisotopic (exact) mass is 170 g/mol. The average molecular weight is 170 g/mol. The Labute approximate surface area is 76.1 Å². The van der Waals surface area contributed by atoms with E-state index in [9.17, 15) is 0 Å². The van der Waals surface area contributed by atoms with Gasteiger partial charge >= 0.3 is 0 Å². The first-order chi connectivity index (χ1) is 5.75. The van der Waals surface area contributed by atoms with Crippen molar-refractivity contribution < 1.29 is 0 Å². The van der Waals surface area contributed by atoms with Crippen LogP contribution in [0, 0.1) is 5.92 Å². The molecule has 1 fully saturated rings. The SMILES string of the molecule is CCC(C)C(N)N1CCCCC1. The number of hydrogen-bond donors (Lipinski definition) is 1. The molecule has 0 aliphatic carbocycles. The van der Waals surface area contributed by atoms with Crippen LogP contribution in [-0.4, -0.2) is 24.2 Å². The maximum absolute atomic E-state index is 6.13. The Bertz CT molecular complexity index is 119. The van der Waals surface area contributed by atoms with E-state index in [0.29, 0.717) is 12.1 Å². The van der Waals surface area contributed by atoms with Crippen LogP contribution in [0.1, 0.15) is 39.5 Å². The second-order valence-electron chi connectivity index (χ2n) is 3.97. The molecule has 0 aromatic rings. The van der Waals surface area contributed by atoms with Crippen LogP contribution in [0.3, 0.4) is 0 Å². The topological polar surface area (TPSA) is 29.3 Å². The van der Waals surface area contributed by atoms with Crippen molar-refractivity contribution in [3.63, 3.8) is 0 Å². The summed E-state index contributed by atoms with van der Waals surface area (Å²) in [5, 5.41) is 0. The van der Waals surface area contributed by atoms with E-state index in [-0.39, 0.29) is 0 Å². The molecule has 0 aromatic carbocycles. The summed E-state index contributed by atoms with van der Waals surface area (Å²) in [7, 11) is 0. The van der Waals surface area contributed by atoms with Crippen LogP contribution in [0.2, 0.25) is 0 Å². The maximum Gasteiger partial charge on any atom is 0.0597 e. The number of nitrogens with zero attached hydrogens (tertiary/aromatic N) is 1. The number of nitrogens with two attached hydrogens (primary N) is 1. The summed E-state index contributed by atoms with van der Waals surface area (Å²) in [6, 6.07) is 0. The number of hydrogen-bond acceptors (Lipinski definition) is 2. The summed E-state index contributed by atoms with van der Waals surface area (Å²) < 4.78 is 0. The molecule has 2 N–H and O–H groups in total. The molecule has 0 spiro atoms. The summed E-state index contributed by atoms with van der Waals surface area (Å²) in [6.07, 6.45) is 5.56. The van der Waals surface area contributed by atoms with Gasteiger partial charge in [-0.05, 0) is 31.8 Å². The standard InChI is InChI=1S/C10H22N2/c1-3-9(2)10(11)12-7-5-4-6-8-12/h9-10H,3-8,11H2,1-2H3. The van der Waals surface area contributed by atoms with Crippen molar-refractivity contribution in [2.45, 2.75) is 45.7 Å². The lowest BCUT2D eigenvalue weighted by Gasteiger charge is -2.35. The molecule has 0 aromatic heterocycles. The van der Waals surface area contributed by atoms with Crippen LogP contribution in [0.4, 0.5) is 0 Å². The molecule has 1 aliphatic rings. The minimum absolute atomic E-state index is 0.301. The van der Waals surface area contributed by atoms with E-state index in [1.807, 2.05) is 0 Å². The highest BCUT2D eigenvalue weighted by molar-refractivity contribution is 4.73. The smallest absolute Gasteiger partial charge is 0.0597 e. The van der Waals surface area contributed by atoms with Gasteiger partial charge in [0.05, 0.1) is 6.17 Å². The van der Waals surface area contributed by atoms with E-state index in [2.05, 4.69) is 18.7 Å². The van der Waals surface area contributed by atoms with E-state index < -0.39 is 0 Å². The molecule has 1 aliphatic heterocycles. The van der Waals surface area contributed by atoms with Crippen LogP contribution in [0.5, 0.6) is 0 Å². The third-order valence-electron chi connectivity index (χ3n) is 3.04. The van der Waals surface area contributed by atoms with Gasteiger partial charge in [0.25, 0.3) is 0 Å². The van der Waals surface area contributed by atoms with Gasteiger partial charge in [0.1, 0.15) is 0 Å². The Morgan fingerprint density at radius 3 is 2.33 bits per heavy atom. The Balaban J connectivity index is 2.33. The third kappa shape index (κ3) is 2.46. The van der Waals surface area contributed by atoms with Crippen molar-refractivity contribution in [1.29, 1.82) is 0 Å². The normalized spacial score (nSPS) is 25.2. The first-order valence-corrected chi connectivity index (χ1v) is 5.25. The number of likely N-dealkylation sites (tertiary alicyclic amines) is 1. The van der Waals surface area contributed by atoms with Crippen molar-refractivity contribution in [3.8, 4) is 0 Å². The van der Waals surface area contributed by atoms with E-state index in [0.717, 1.165) is 0 Å². The Morgan fingerprint density at radius 2 is 1.83 bits per heavy atom. The third-order valence-corrected chi connectivity index (χ3v) is 3.04. The molecule has 2 nitrogen and oxygen atoms in total. The van der Waals surface area contributed by atoms with Crippen LogP contribution in [0.15, 0.2) is 0 Å². The summed E-state index contributed by atoms with van der Waals surface area (Å²) in [6.45, 7) is 6.89. The Hall–Kier alpha value is -0.0800. The molecule has 2 heteroatoms. The predicted molar refractivity (Wildman–Crippen MR) is 52.9 cm³/mol. The van der Waals surface area contributed by atoms with Gasteiger partial charge in [0.15, 0.2) is 0 Å².